The van der Waals surface area contributed by atoms with E-state index in [1.54, 1.807) is 23.1 Å². The number of imidazole rings is 1. The number of carbonyl (C=O) groups excluding carboxylic acids is 2. The number of hydrogen-bond donors (Lipinski definition) is 3. The first-order valence-electron chi connectivity index (χ1n) is 12.5. The van der Waals surface area contributed by atoms with E-state index in [9.17, 15) is 18.4 Å². The van der Waals surface area contributed by atoms with Gasteiger partial charge in [0.05, 0.1) is 22.5 Å². The predicted molar refractivity (Wildman–Crippen MR) is 149 cm³/mol. The van der Waals surface area contributed by atoms with Gasteiger partial charge < -0.3 is 30.6 Å². The average Bonchev–Trinajstić information content (AvgIpc) is 3.37. The second-order valence-electron chi connectivity index (χ2n) is 7.90. The average molecular weight is 576 g/mol. The molecular weight excluding hydrogens is 544 g/mol. The number of halogens is 3. The maximum atomic E-state index is 14.7. The number of piperazine rings is 1. The molecule has 2 amide bonds. The molecule has 1 aliphatic heterocycles. The fraction of sp³-hybridized carbons (Fsp3) is 0.333. The molecule has 1 saturated heterocycles. The van der Waals surface area contributed by atoms with Crippen LogP contribution < -0.4 is 21.1 Å². The third-order valence-electron chi connectivity index (χ3n) is 5.67. The Labute approximate surface area is 236 Å². The SMILES string of the molecule is CC.CN.Cn1c(-c2ccc(OCC#N)c(F)c2F)cnc1C(=O)Nc1ccc(C(=O)N2CCNCC2)c(Cl)c1. The molecule has 0 atom stereocenters. The Morgan fingerprint density at radius 1 is 1.18 bits per heavy atom. The molecule has 1 aromatic heterocycles. The van der Waals surface area contributed by atoms with Crippen molar-refractivity contribution in [3.8, 4) is 23.1 Å². The number of amides is 2. The quantitative estimate of drug-likeness (QED) is 0.406. The van der Waals surface area contributed by atoms with Gasteiger partial charge in [-0.1, -0.05) is 25.4 Å². The minimum atomic E-state index is -1.25. The summed E-state index contributed by atoms with van der Waals surface area (Å²) in [5, 5.41) is 14.6. The Balaban J connectivity index is 0.00000134. The summed E-state index contributed by atoms with van der Waals surface area (Å²) >= 11 is 6.32. The number of benzene rings is 2. The van der Waals surface area contributed by atoms with E-state index >= 15 is 0 Å². The zero-order valence-corrected chi connectivity index (χ0v) is 23.5. The highest BCUT2D eigenvalue weighted by Crippen LogP contribution is 2.30. The van der Waals surface area contributed by atoms with Crippen LogP contribution in [0.1, 0.15) is 34.8 Å². The lowest BCUT2D eigenvalue weighted by atomic mass is 10.1. The normalized spacial score (nSPS) is 12.2. The number of rotatable bonds is 6. The number of nitriles is 1. The smallest absolute Gasteiger partial charge is 0.291 e. The van der Waals surface area contributed by atoms with E-state index in [4.69, 9.17) is 21.6 Å². The van der Waals surface area contributed by atoms with Crippen LogP contribution in [0.2, 0.25) is 5.02 Å². The van der Waals surface area contributed by atoms with Crippen LogP contribution in [0.5, 0.6) is 5.75 Å². The van der Waals surface area contributed by atoms with Crippen molar-refractivity contribution < 1.29 is 23.1 Å². The van der Waals surface area contributed by atoms with E-state index in [0.717, 1.165) is 0 Å². The lowest BCUT2D eigenvalue weighted by Crippen LogP contribution is -2.46. The Morgan fingerprint density at radius 3 is 2.48 bits per heavy atom. The van der Waals surface area contributed by atoms with Gasteiger partial charge in [0.25, 0.3) is 11.8 Å². The number of ether oxygens (including phenoxy) is 1. The molecule has 1 fully saturated rings. The van der Waals surface area contributed by atoms with Crippen molar-refractivity contribution in [2.75, 3.05) is 45.2 Å². The van der Waals surface area contributed by atoms with Crippen molar-refractivity contribution in [3.05, 3.63) is 64.6 Å². The van der Waals surface area contributed by atoms with Gasteiger partial charge >= 0.3 is 0 Å². The monoisotopic (exact) mass is 575 g/mol. The van der Waals surface area contributed by atoms with Crippen LogP contribution in [0, 0.1) is 23.0 Å². The standard InChI is InChI=1S/C24H21ClF2N6O3.C2H6.CH5N/c1-32-18(16-4-5-19(36-11-6-28)21(27)20(16)26)13-30-22(32)23(34)31-14-2-3-15(17(25)12-14)24(35)33-9-7-29-8-10-33;2*1-2/h2-5,12-13,29H,7-11H2,1H3,(H,31,34);1-2H3;2H2,1H3. The summed E-state index contributed by atoms with van der Waals surface area (Å²) in [6.07, 6.45) is 1.24. The van der Waals surface area contributed by atoms with Gasteiger partial charge in [-0.25, -0.2) is 9.37 Å². The highest BCUT2D eigenvalue weighted by atomic mass is 35.5. The molecule has 0 spiro atoms. The van der Waals surface area contributed by atoms with Crippen molar-refractivity contribution in [1.82, 2.24) is 19.8 Å². The van der Waals surface area contributed by atoms with Crippen molar-refractivity contribution in [2.24, 2.45) is 12.8 Å². The van der Waals surface area contributed by atoms with Gasteiger partial charge in [0.1, 0.15) is 6.07 Å². The molecule has 4 N–H and O–H groups in total. The summed E-state index contributed by atoms with van der Waals surface area (Å²) < 4.78 is 35.2. The minimum Gasteiger partial charge on any atom is -0.476 e. The van der Waals surface area contributed by atoms with E-state index in [2.05, 4.69) is 21.4 Å². The molecule has 2 heterocycles. The van der Waals surface area contributed by atoms with E-state index < -0.39 is 29.9 Å². The number of hydrogen-bond acceptors (Lipinski definition) is 7. The number of aromatic nitrogens is 2. The van der Waals surface area contributed by atoms with Gasteiger partial charge in [-0.15, -0.1) is 0 Å². The number of nitrogens with two attached hydrogens (primary N) is 1. The van der Waals surface area contributed by atoms with Gasteiger partial charge in [-0.2, -0.15) is 9.65 Å². The Kier molecular flexibility index (Phi) is 12.5. The molecule has 2 aromatic carbocycles. The molecule has 4 rings (SSSR count). The Hall–Kier alpha value is -4.05. The lowest BCUT2D eigenvalue weighted by Gasteiger charge is -2.27. The molecule has 1 aliphatic rings. The molecule has 13 heteroatoms. The first-order chi connectivity index (χ1) is 19.3. The zero-order valence-electron chi connectivity index (χ0n) is 22.7. The number of anilines is 1. The summed E-state index contributed by atoms with van der Waals surface area (Å²) in [6, 6.07) is 8.72. The summed E-state index contributed by atoms with van der Waals surface area (Å²) in [5.74, 6) is -3.71. The van der Waals surface area contributed by atoms with E-state index in [1.165, 1.54) is 43.1 Å². The van der Waals surface area contributed by atoms with Crippen LogP contribution >= 0.6 is 11.6 Å². The molecule has 0 saturated carbocycles. The summed E-state index contributed by atoms with van der Waals surface area (Å²) in [7, 11) is 2.98. The first kappa shape index (κ1) is 32.2. The third-order valence-corrected chi connectivity index (χ3v) is 5.98. The van der Waals surface area contributed by atoms with Crippen LogP contribution in [0.3, 0.4) is 0 Å². The summed E-state index contributed by atoms with van der Waals surface area (Å²) in [4.78, 5) is 31.3. The topological polar surface area (TPSA) is 138 Å². The summed E-state index contributed by atoms with van der Waals surface area (Å²) in [6.45, 7) is 6.14. The molecular formula is C27H32ClF2N7O3. The summed E-state index contributed by atoms with van der Waals surface area (Å²) in [5.41, 5.74) is 5.18. The second-order valence-corrected chi connectivity index (χ2v) is 8.31. The highest BCUT2D eigenvalue weighted by Gasteiger charge is 2.23. The van der Waals surface area contributed by atoms with Crippen molar-refractivity contribution in [2.45, 2.75) is 13.8 Å². The van der Waals surface area contributed by atoms with Crippen molar-refractivity contribution in [3.63, 3.8) is 0 Å². The molecule has 3 aromatic rings. The van der Waals surface area contributed by atoms with Gasteiger partial charge in [-0.3, -0.25) is 9.59 Å². The van der Waals surface area contributed by atoms with Crippen LogP contribution in [0.25, 0.3) is 11.3 Å². The maximum Gasteiger partial charge on any atom is 0.291 e. The highest BCUT2D eigenvalue weighted by molar-refractivity contribution is 6.34. The van der Waals surface area contributed by atoms with Crippen LogP contribution in [-0.2, 0) is 7.05 Å². The Bertz CT molecular complexity index is 1370. The third kappa shape index (κ3) is 7.32. The first-order valence-corrected chi connectivity index (χ1v) is 12.9. The minimum absolute atomic E-state index is 0.0632. The largest absolute Gasteiger partial charge is 0.476 e. The van der Waals surface area contributed by atoms with Crippen LogP contribution in [0.4, 0.5) is 14.5 Å². The number of nitrogens with zero attached hydrogens (tertiary/aromatic N) is 4. The van der Waals surface area contributed by atoms with Gasteiger partial charge in [0.2, 0.25) is 5.82 Å². The molecule has 0 radical (unpaired) electrons. The molecule has 214 valence electrons. The molecule has 0 bridgehead atoms. The van der Waals surface area contributed by atoms with Gasteiger partial charge in [0, 0.05) is 44.5 Å². The van der Waals surface area contributed by atoms with Gasteiger partial charge in [-0.05, 0) is 37.4 Å². The fourth-order valence-corrected chi connectivity index (χ4v) is 4.07. The van der Waals surface area contributed by atoms with E-state index in [-0.39, 0.29) is 28.0 Å². The number of carbonyl (C=O) groups is 2. The zero-order chi connectivity index (χ0) is 29.8. The van der Waals surface area contributed by atoms with E-state index in [1.807, 2.05) is 13.8 Å². The van der Waals surface area contributed by atoms with E-state index in [0.29, 0.717) is 37.4 Å². The maximum absolute atomic E-state index is 14.7. The lowest BCUT2D eigenvalue weighted by molar-refractivity contribution is 0.0736. The van der Waals surface area contributed by atoms with Gasteiger partial charge in [0.15, 0.2) is 24.0 Å². The molecule has 10 nitrogen and oxygen atoms in total. The predicted octanol–water partition coefficient (Wildman–Crippen LogP) is 3.82. The van der Waals surface area contributed by atoms with Crippen molar-refractivity contribution in [1.29, 1.82) is 5.26 Å². The number of nitrogens with one attached hydrogen (secondary N) is 2. The molecule has 0 aliphatic carbocycles. The van der Waals surface area contributed by atoms with Crippen LogP contribution in [0.15, 0.2) is 36.5 Å². The molecule has 0 unspecified atom stereocenters. The fourth-order valence-electron chi connectivity index (χ4n) is 3.81. The molecule has 40 heavy (non-hydrogen) atoms. The van der Waals surface area contributed by atoms with Crippen LogP contribution in [-0.4, -0.2) is 66.1 Å². The second kappa shape index (κ2) is 15.5. The Morgan fingerprint density at radius 2 is 1.85 bits per heavy atom. The van der Waals surface area contributed by atoms with Crippen molar-refractivity contribution >= 4 is 29.1 Å².